The van der Waals surface area contributed by atoms with Gasteiger partial charge in [0.2, 0.25) is 5.13 Å². The molecule has 0 radical (unpaired) electrons. The molecule has 0 atom stereocenters. The molecule has 20 heavy (non-hydrogen) atoms. The van der Waals surface area contributed by atoms with E-state index in [9.17, 15) is 8.42 Å². The second-order valence-corrected chi connectivity index (χ2v) is 6.91. The lowest BCUT2D eigenvalue weighted by molar-refractivity contribution is 0.600. The van der Waals surface area contributed by atoms with Crippen molar-refractivity contribution in [1.82, 2.24) is 15.5 Å². The predicted octanol–water partition coefficient (Wildman–Crippen LogP) is 1.68. The molecule has 0 amide bonds. The van der Waals surface area contributed by atoms with Crippen LogP contribution in [-0.4, -0.2) is 25.7 Å². The highest BCUT2D eigenvalue weighted by Crippen LogP contribution is 2.23. The van der Waals surface area contributed by atoms with Crippen LogP contribution >= 0.6 is 11.3 Å². The molecule has 8 heteroatoms. The molecule has 0 saturated heterocycles. The van der Waals surface area contributed by atoms with Crippen LogP contribution in [0.5, 0.6) is 0 Å². The third kappa shape index (κ3) is 3.14. The maximum absolute atomic E-state index is 12.4. The number of aromatic nitrogens is 2. The van der Waals surface area contributed by atoms with Crippen LogP contribution in [0, 0.1) is 13.8 Å². The Labute approximate surface area is 122 Å². The van der Waals surface area contributed by atoms with Crippen LogP contribution in [0.2, 0.25) is 0 Å². The van der Waals surface area contributed by atoms with Crippen LogP contribution in [-0.2, 0) is 16.6 Å². The number of hydrogen-bond donors (Lipinski definition) is 2. The van der Waals surface area contributed by atoms with Crippen molar-refractivity contribution >= 4 is 26.5 Å². The summed E-state index contributed by atoms with van der Waals surface area (Å²) in [6.45, 7) is 4.37. The average Bonchev–Trinajstić information content (AvgIpc) is 2.84. The summed E-state index contributed by atoms with van der Waals surface area (Å²) in [5.41, 5.74) is 4.20. The zero-order valence-corrected chi connectivity index (χ0v) is 13.1. The number of hydrogen-bond acceptors (Lipinski definition) is 6. The van der Waals surface area contributed by atoms with Crippen molar-refractivity contribution in [2.45, 2.75) is 25.3 Å². The van der Waals surface area contributed by atoms with E-state index in [1.54, 1.807) is 13.0 Å². The molecule has 2 aromatic rings. The first kappa shape index (κ1) is 14.9. The molecule has 0 saturated carbocycles. The van der Waals surface area contributed by atoms with Gasteiger partial charge in [-0.1, -0.05) is 17.4 Å². The molecule has 2 rings (SSSR count). The van der Waals surface area contributed by atoms with E-state index in [1.165, 1.54) is 5.51 Å². The number of sulfonamides is 1. The molecule has 0 aliphatic rings. The van der Waals surface area contributed by atoms with E-state index >= 15 is 0 Å². The Balaban J connectivity index is 2.43. The van der Waals surface area contributed by atoms with Gasteiger partial charge in [0, 0.05) is 6.54 Å². The Hall–Kier alpha value is -1.51. The zero-order valence-electron chi connectivity index (χ0n) is 11.5. The van der Waals surface area contributed by atoms with Gasteiger partial charge in [0.05, 0.1) is 4.90 Å². The Morgan fingerprint density at radius 3 is 2.60 bits per heavy atom. The van der Waals surface area contributed by atoms with Gasteiger partial charge in [-0.25, -0.2) is 8.42 Å². The lowest BCUT2D eigenvalue weighted by Gasteiger charge is -2.12. The van der Waals surface area contributed by atoms with Gasteiger partial charge in [0.15, 0.2) is 0 Å². The van der Waals surface area contributed by atoms with Gasteiger partial charge in [-0.2, -0.15) is 0 Å². The van der Waals surface area contributed by atoms with Crippen LogP contribution in [0.1, 0.15) is 16.7 Å². The van der Waals surface area contributed by atoms with Gasteiger partial charge < -0.3 is 5.32 Å². The third-order valence-corrected chi connectivity index (χ3v) is 5.09. The van der Waals surface area contributed by atoms with Gasteiger partial charge in [0.25, 0.3) is 10.0 Å². The van der Waals surface area contributed by atoms with Crippen LogP contribution in [0.15, 0.2) is 22.5 Å². The summed E-state index contributed by atoms with van der Waals surface area (Å²) in [7, 11) is -1.81. The molecule has 108 valence electrons. The van der Waals surface area contributed by atoms with E-state index in [4.69, 9.17) is 0 Å². The molecule has 0 fully saturated rings. The van der Waals surface area contributed by atoms with E-state index in [2.05, 4.69) is 20.2 Å². The van der Waals surface area contributed by atoms with Crippen molar-refractivity contribution < 1.29 is 8.42 Å². The maximum Gasteiger partial charge on any atom is 0.263 e. The minimum Gasteiger partial charge on any atom is -0.316 e. The summed E-state index contributed by atoms with van der Waals surface area (Å²) in [6.07, 6.45) is 0. The highest BCUT2D eigenvalue weighted by molar-refractivity contribution is 7.93. The number of nitrogens with zero attached hydrogens (tertiary/aromatic N) is 2. The first-order chi connectivity index (χ1) is 9.44. The Kier molecular flexibility index (Phi) is 4.36. The monoisotopic (exact) mass is 312 g/mol. The maximum atomic E-state index is 12.4. The first-order valence-electron chi connectivity index (χ1n) is 5.98. The first-order valence-corrected chi connectivity index (χ1v) is 8.34. The van der Waals surface area contributed by atoms with Gasteiger partial charge in [-0.3, -0.25) is 4.72 Å². The summed E-state index contributed by atoms with van der Waals surface area (Å²) < 4.78 is 27.2. The third-order valence-electron chi connectivity index (χ3n) is 2.87. The van der Waals surface area contributed by atoms with Crippen molar-refractivity contribution in [3.63, 3.8) is 0 Å². The summed E-state index contributed by atoms with van der Waals surface area (Å²) in [5.74, 6) is 0. The molecule has 1 heterocycles. The number of benzene rings is 1. The summed E-state index contributed by atoms with van der Waals surface area (Å²) in [5, 5.41) is 10.6. The molecular weight excluding hydrogens is 296 g/mol. The summed E-state index contributed by atoms with van der Waals surface area (Å²) in [4.78, 5) is 0.267. The molecule has 1 aromatic heterocycles. The van der Waals surface area contributed by atoms with Crippen molar-refractivity contribution in [3.05, 3.63) is 34.3 Å². The van der Waals surface area contributed by atoms with Crippen LogP contribution in [0.4, 0.5) is 5.13 Å². The molecule has 0 spiro atoms. The summed E-state index contributed by atoms with van der Waals surface area (Å²) >= 11 is 1.14. The zero-order chi connectivity index (χ0) is 14.8. The van der Waals surface area contributed by atoms with Crippen molar-refractivity contribution in [2.24, 2.45) is 0 Å². The quantitative estimate of drug-likeness (QED) is 0.877. The molecule has 6 nitrogen and oxygen atoms in total. The average molecular weight is 312 g/mol. The SMILES string of the molecule is CNCc1cc(S(=O)(=O)Nc2nncs2)c(C)cc1C. The van der Waals surface area contributed by atoms with Crippen molar-refractivity contribution in [2.75, 3.05) is 11.8 Å². The lowest BCUT2D eigenvalue weighted by Crippen LogP contribution is -2.16. The van der Waals surface area contributed by atoms with Gasteiger partial charge in [-0.05, 0) is 43.7 Å². The minimum absolute atomic E-state index is 0.264. The van der Waals surface area contributed by atoms with E-state index in [-0.39, 0.29) is 10.0 Å². The van der Waals surface area contributed by atoms with E-state index in [1.807, 2.05) is 20.0 Å². The fourth-order valence-electron chi connectivity index (χ4n) is 1.93. The molecule has 1 aromatic carbocycles. The Bertz CT molecular complexity index is 696. The molecule has 2 N–H and O–H groups in total. The Morgan fingerprint density at radius 1 is 1.25 bits per heavy atom. The molecule has 0 aliphatic heterocycles. The second kappa shape index (κ2) is 5.86. The molecule has 0 unspecified atom stereocenters. The number of anilines is 1. The lowest BCUT2D eigenvalue weighted by atomic mass is 10.1. The van der Waals surface area contributed by atoms with E-state index in [0.717, 1.165) is 22.5 Å². The largest absolute Gasteiger partial charge is 0.316 e. The molecule has 0 aliphatic carbocycles. The van der Waals surface area contributed by atoms with Gasteiger partial charge >= 0.3 is 0 Å². The van der Waals surface area contributed by atoms with Crippen molar-refractivity contribution in [3.8, 4) is 0 Å². The van der Waals surface area contributed by atoms with Crippen molar-refractivity contribution in [1.29, 1.82) is 0 Å². The standard InChI is InChI=1S/C12H16N4O2S2/c1-8-4-9(2)11(5-10(8)6-13-3)20(17,18)16-12-15-14-7-19-12/h4-5,7,13H,6H2,1-3H3,(H,15,16). The number of rotatable bonds is 5. The van der Waals surface area contributed by atoms with Crippen LogP contribution in [0.25, 0.3) is 0 Å². The second-order valence-electron chi connectivity index (χ2n) is 4.42. The molecule has 0 bridgehead atoms. The van der Waals surface area contributed by atoms with Crippen LogP contribution in [0.3, 0.4) is 0 Å². The van der Waals surface area contributed by atoms with E-state index in [0.29, 0.717) is 12.1 Å². The normalized spacial score (nSPS) is 11.6. The predicted molar refractivity (Wildman–Crippen MR) is 79.4 cm³/mol. The van der Waals surface area contributed by atoms with Gasteiger partial charge in [0.1, 0.15) is 5.51 Å². The van der Waals surface area contributed by atoms with E-state index < -0.39 is 10.0 Å². The molecular formula is C12H16N4O2S2. The minimum atomic E-state index is -3.64. The fourth-order valence-corrected chi connectivity index (χ4v) is 3.90. The topological polar surface area (TPSA) is 84.0 Å². The number of aryl methyl sites for hydroxylation is 2. The fraction of sp³-hybridized carbons (Fsp3) is 0.333. The Morgan fingerprint density at radius 2 is 2.00 bits per heavy atom. The smallest absolute Gasteiger partial charge is 0.263 e. The van der Waals surface area contributed by atoms with Gasteiger partial charge in [-0.15, -0.1) is 10.2 Å². The highest BCUT2D eigenvalue weighted by Gasteiger charge is 2.19. The summed E-state index contributed by atoms with van der Waals surface area (Å²) in [6, 6.07) is 3.58. The van der Waals surface area contributed by atoms with Crippen LogP contribution < -0.4 is 10.0 Å². The highest BCUT2D eigenvalue weighted by atomic mass is 32.2. The number of nitrogens with one attached hydrogen (secondary N) is 2.